The molecule has 0 atom stereocenters. The summed E-state index contributed by atoms with van der Waals surface area (Å²) in [6, 6.07) is 6.98. The maximum absolute atomic E-state index is 5.26. The molecule has 0 N–H and O–H groups in total. The number of methoxy groups -OCH3 is 1. The van der Waals surface area contributed by atoms with E-state index < -0.39 is 0 Å². The molecule has 3 fully saturated rings. The molecule has 0 unspecified atom stereocenters. The summed E-state index contributed by atoms with van der Waals surface area (Å²) in [7, 11) is 1.65. The van der Waals surface area contributed by atoms with Crippen molar-refractivity contribution in [3.05, 3.63) is 30.6 Å². The van der Waals surface area contributed by atoms with Crippen LogP contribution in [0.1, 0.15) is 44.9 Å². The largest absolute Gasteiger partial charge is 0.495 e. The maximum Gasteiger partial charge on any atom is 0.151 e. The van der Waals surface area contributed by atoms with Crippen molar-refractivity contribution >= 4 is 5.82 Å². The zero-order valence-corrected chi connectivity index (χ0v) is 17.4. The third kappa shape index (κ3) is 3.82. The fourth-order valence-electron chi connectivity index (χ4n) is 5.14. The van der Waals surface area contributed by atoms with E-state index in [-0.39, 0.29) is 0 Å². The Morgan fingerprint density at radius 2 is 1.72 bits per heavy atom. The summed E-state index contributed by atoms with van der Waals surface area (Å²) in [5, 5.41) is 8.98. The van der Waals surface area contributed by atoms with Gasteiger partial charge in [0, 0.05) is 30.9 Å². The summed E-state index contributed by atoms with van der Waals surface area (Å²) in [5.74, 6) is 1.73. The lowest BCUT2D eigenvalue weighted by Gasteiger charge is -2.50. The zero-order chi connectivity index (χ0) is 19.7. The van der Waals surface area contributed by atoms with Crippen LogP contribution in [0.5, 0.6) is 5.75 Å². The molecule has 0 amide bonds. The number of ether oxygens (including phenoxy) is 1. The number of pyridine rings is 1. The second-order valence-corrected chi connectivity index (χ2v) is 9.00. The second kappa shape index (κ2) is 7.90. The van der Waals surface area contributed by atoms with E-state index in [2.05, 4.69) is 31.0 Å². The zero-order valence-electron chi connectivity index (χ0n) is 17.4. The number of aromatic nitrogens is 3. The Labute approximate surface area is 173 Å². The molecule has 1 aliphatic carbocycles. The first-order chi connectivity index (χ1) is 14.2. The van der Waals surface area contributed by atoms with Gasteiger partial charge in [-0.1, -0.05) is 6.42 Å². The highest BCUT2D eigenvalue weighted by Crippen LogP contribution is 2.43. The number of hydrogen-bond acceptors (Lipinski definition) is 6. The van der Waals surface area contributed by atoms with E-state index in [0.29, 0.717) is 5.41 Å². The summed E-state index contributed by atoms with van der Waals surface area (Å²) in [4.78, 5) is 9.38. The smallest absolute Gasteiger partial charge is 0.151 e. The first-order valence-electron chi connectivity index (χ1n) is 11.1. The molecule has 2 aromatic rings. The molecule has 4 heterocycles. The van der Waals surface area contributed by atoms with Gasteiger partial charge in [0.1, 0.15) is 5.75 Å². The molecule has 6 nitrogen and oxygen atoms in total. The highest BCUT2D eigenvalue weighted by molar-refractivity contribution is 5.60. The van der Waals surface area contributed by atoms with Gasteiger partial charge in [-0.2, -0.15) is 0 Å². The first kappa shape index (κ1) is 18.8. The molecule has 0 bridgehead atoms. The molecule has 0 aromatic carbocycles. The minimum Gasteiger partial charge on any atom is -0.495 e. The standard InChI is InChI=1S/C23H31N5O/c1-29-20-15-18(16-24-17-20)21-5-6-22(26-25-21)28-13-9-23(10-14-28)7-11-27(12-8-23)19-3-2-4-19/h5-6,15-17,19H,2-4,7-14H2,1H3. The predicted molar refractivity (Wildman–Crippen MR) is 114 cm³/mol. The van der Waals surface area contributed by atoms with Crippen molar-refractivity contribution in [3.63, 3.8) is 0 Å². The van der Waals surface area contributed by atoms with Crippen molar-refractivity contribution in [1.82, 2.24) is 20.1 Å². The van der Waals surface area contributed by atoms with Crippen molar-refractivity contribution in [1.29, 1.82) is 0 Å². The van der Waals surface area contributed by atoms with E-state index in [1.807, 2.05) is 12.1 Å². The van der Waals surface area contributed by atoms with Gasteiger partial charge in [0.2, 0.25) is 0 Å². The van der Waals surface area contributed by atoms with Crippen LogP contribution < -0.4 is 9.64 Å². The molecule has 3 aliphatic rings. The molecular formula is C23H31N5O. The van der Waals surface area contributed by atoms with Crippen molar-refractivity contribution in [2.75, 3.05) is 38.2 Å². The summed E-state index contributed by atoms with van der Waals surface area (Å²) >= 11 is 0. The first-order valence-corrected chi connectivity index (χ1v) is 11.1. The van der Waals surface area contributed by atoms with E-state index >= 15 is 0 Å². The van der Waals surface area contributed by atoms with Gasteiger partial charge in [-0.15, -0.1) is 10.2 Å². The van der Waals surface area contributed by atoms with Crippen LogP contribution in [0.15, 0.2) is 30.6 Å². The SMILES string of the molecule is COc1cncc(-c2ccc(N3CCC4(CC3)CCN(C3CCC3)CC4)nn2)c1. The third-order valence-electron chi connectivity index (χ3n) is 7.49. The number of anilines is 1. The molecule has 29 heavy (non-hydrogen) atoms. The molecule has 1 saturated carbocycles. The van der Waals surface area contributed by atoms with Gasteiger partial charge in [0.05, 0.1) is 19.0 Å². The molecule has 1 spiro atoms. The summed E-state index contributed by atoms with van der Waals surface area (Å²) in [6.45, 7) is 4.82. The number of likely N-dealkylation sites (tertiary alicyclic amines) is 1. The van der Waals surface area contributed by atoms with Gasteiger partial charge in [0.15, 0.2) is 5.82 Å². The number of rotatable bonds is 4. The molecule has 6 heteroatoms. The van der Waals surface area contributed by atoms with Crippen LogP contribution in [0.25, 0.3) is 11.3 Å². The van der Waals surface area contributed by atoms with Crippen molar-refractivity contribution < 1.29 is 4.74 Å². The fraction of sp³-hybridized carbons (Fsp3) is 0.609. The van der Waals surface area contributed by atoms with E-state index in [1.54, 1.807) is 19.5 Å². The average molecular weight is 394 g/mol. The van der Waals surface area contributed by atoms with E-state index in [0.717, 1.165) is 42.0 Å². The average Bonchev–Trinajstić information content (AvgIpc) is 2.75. The van der Waals surface area contributed by atoms with E-state index in [1.165, 1.54) is 58.0 Å². The van der Waals surface area contributed by atoms with Crippen molar-refractivity contribution in [2.45, 2.75) is 51.0 Å². The Bertz CT molecular complexity index is 817. The lowest BCUT2D eigenvalue weighted by Crippen LogP contribution is -2.51. The maximum atomic E-state index is 5.26. The molecule has 2 aliphatic heterocycles. The predicted octanol–water partition coefficient (Wildman–Crippen LogP) is 3.78. The summed E-state index contributed by atoms with van der Waals surface area (Å²) < 4.78 is 5.26. The Morgan fingerprint density at radius 3 is 2.34 bits per heavy atom. The van der Waals surface area contributed by atoms with Crippen LogP contribution in [0.3, 0.4) is 0 Å². The van der Waals surface area contributed by atoms with Gasteiger partial charge in [-0.3, -0.25) is 4.98 Å². The van der Waals surface area contributed by atoms with Crippen LogP contribution in [0.2, 0.25) is 0 Å². The molecule has 2 saturated heterocycles. The van der Waals surface area contributed by atoms with Gasteiger partial charge in [-0.05, 0) is 75.2 Å². The van der Waals surface area contributed by atoms with Gasteiger partial charge in [-0.25, -0.2) is 0 Å². The Morgan fingerprint density at radius 1 is 0.966 bits per heavy atom. The van der Waals surface area contributed by atoms with Crippen molar-refractivity contribution in [3.8, 4) is 17.0 Å². The second-order valence-electron chi connectivity index (χ2n) is 9.00. The summed E-state index contributed by atoms with van der Waals surface area (Å²) in [6.07, 6.45) is 13.1. The van der Waals surface area contributed by atoms with Crippen LogP contribution in [0.4, 0.5) is 5.82 Å². The highest BCUT2D eigenvalue weighted by Gasteiger charge is 2.39. The molecule has 2 aromatic heterocycles. The lowest BCUT2D eigenvalue weighted by atomic mass is 9.70. The van der Waals surface area contributed by atoms with Crippen LogP contribution in [0, 0.1) is 5.41 Å². The van der Waals surface area contributed by atoms with Crippen LogP contribution in [-0.2, 0) is 0 Å². The number of nitrogens with zero attached hydrogens (tertiary/aromatic N) is 5. The van der Waals surface area contributed by atoms with E-state index in [4.69, 9.17) is 4.74 Å². The fourth-order valence-corrected chi connectivity index (χ4v) is 5.14. The number of hydrogen-bond donors (Lipinski definition) is 0. The summed E-state index contributed by atoms with van der Waals surface area (Å²) in [5.41, 5.74) is 2.33. The molecule has 154 valence electrons. The quantitative estimate of drug-likeness (QED) is 0.788. The van der Waals surface area contributed by atoms with Crippen LogP contribution in [-0.4, -0.2) is 59.4 Å². The van der Waals surface area contributed by atoms with Gasteiger partial charge < -0.3 is 14.5 Å². The minimum absolute atomic E-state index is 0.566. The monoisotopic (exact) mass is 393 g/mol. The topological polar surface area (TPSA) is 54.4 Å². The molecule has 5 rings (SSSR count). The van der Waals surface area contributed by atoms with Gasteiger partial charge >= 0.3 is 0 Å². The van der Waals surface area contributed by atoms with Crippen molar-refractivity contribution in [2.24, 2.45) is 5.41 Å². The normalized spacial score (nSPS) is 22.4. The van der Waals surface area contributed by atoms with Gasteiger partial charge in [0.25, 0.3) is 0 Å². The highest BCUT2D eigenvalue weighted by atomic mass is 16.5. The Hall–Kier alpha value is -2.21. The Kier molecular flexibility index (Phi) is 5.12. The number of piperidine rings is 2. The Balaban J connectivity index is 1.19. The van der Waals surface area contributed by atoms with Crippen LogP contribution >= 0.6 is 0 Å². The minimum atomic E-state index is 0.566. The molecule has 0 radical (unpaired) electrons. The van der Waals surface area contributed by atoms with E-state index in [9.17, 15) is 0 Å². The lowest BCUT2D eigenvalue weighted by molar-refractivity contribution is 0.0305. The molecular weight excluding hydrogens is 362 g/mol. The third-order valence-corrected chi connectivity index (χ3v) is 7.49.